The van der Waals surface area contributed by atoms with Gasteiger partial charge < -0.3 is 14.1 Å². The molecule has 0 aromatic carbocycles. The highest BCUT2D eigenvalue weighted by Gasteiger charge is 2.29. The third-order valence-corrected chi connectivity index (χ3v) is 4.30. The lowest BCUT2D eigenvalue weighted by atomic mass is 10.1. The van der Waals surface area contributed by atoms with Crippen LogP contribution >= 0.6 is 11.5 Å². The van der Waals surface area contributed by atoms with Crippen LogP contribution in [0.5, 0.6) is 0 Å². The first-order valence-corrected chi connectivity index (χ1v) is 8.14. The minimum absolute atomic E-state index is 0.0901. The molecular weight excluding hydrogens is 286 g/mol. The monoisotopic (exact) mass is 307 g/mol. The molecule has 1 aliphatic rings. The maximum absolute atomic E-state index is 5.78. The van der Waals surface area contributed by atoms with Crippen LogP contribution in [0.3, 0.4) is 0 Å². The molecule has 0 aliphatic carbocycles. The fourth-order valence-electron chi connectivity index (χ4n) is 2.51. The Bertz CT molecular complexity index is 593. The molecule has 1 unspecified atom stereocenters. The quantitative estimate of drug-likeness (QED) is 0.868. The molecule has 5 nitrogen and oxygen atoms in total. The topological polar surface area (TPSA) is 51.4 Å². The molecule has 0 radical (unpaired) electrons. The average molecular weight is 307 g/mol. The van der Waals surface area contributed by atoms with E-state index in [0.717, 1.165) is 42.0 Å². The first-order chi connectivity index (χ1) is 10.1. The normalized spacial score (nSPS) is 19.4. The molecule has 3 heterocycles. The van der Waals surface area contributed by atoms with Gasteiger partial charge in [0.25, 0.3) is 0 Å². The summed E-state index contributed by atoms with van der Waals surface area (Å²) in [5, 5.41) is 0.966. The smallest absolute Gasteiger partial charge is 0.205 e. The second kappa shape index (κ2) is 6.15. The van der Waals surface area contributed by atoms with E-state index >= 15 is 0 Å². The first-order valence-electron chi connectivity index (χ1n) is 7.37. The van der Waals surface area contributed by atoms with Crippen LogP contribution in [-0.4, -0.2) is 29.1 Å². The van der Waals surface area contributed by atoms with Crippen LogP contribution in [0.25, 0.3) is 0 Å². The zero-order valence-electron chi connectivity index (χ0n) is 12.7. The minimum atomic E-state index is 0.0901. The molecule has 0 bridgehead atoms. The third-order valence-electron chi connectivity index (χ3n) is 3.51. The number of nitrogens with zero attached hydrogens (tertiary/aromatic N) is 3. The molecule has 1 fully saturated rings. The molecule has 6 heteroatoms. The number of aromatic nitrogens is 2. The molecule has 0 spiro atoms. The Balaban J connectivity index is 1.82. The average Bonchev–Trinajstić information content (AvgIpc) is 3.07. The Morgan fingerprint density at radius 3 is 3.00 bits per heavy atom. The third kappa shape index (κ3) is 3.27. The van der Waals surface area contributed by atoms with Gasteiger partial charge in [-0.25, -0.2) is 4.98 Å². The molecule has 0 amide bonds. The van der Waals surface area contributed by atoms with Crippen molar-refractivity contribution >= 4 is 16.7 Å². The van der Waals surface area contributed by atoms with Gasteiger partial charge in [0, 0.05) is 24.5 Å². The van der Waals surface area contributed by atoms with Gasteiger partial charge in [0.2, 0.25) is 5.13 Å². The molecule has 1 atom stereocenters. The van der Waals surface area contributed by atoms with Gasteiger partial charge in [-0.3, -0.25) is 0 Å². The minimum Gasteiger partial charge on any atom is -0.464 e. The lowest BCUT2D eigenvalue weighted by Crippen LogP contribution is -2.39. The molecule has 1 saturated heterocycles. The Morgan fingerprint density at radius 1 is 1.43 bits per heavy atom. The number of ether oxygens (including phenoxy) is 1. The van der Waals surface area contributed by atoms with Gasteiger partial charge in [0.05, 0.1) is 13.2 Å². The van der Waals surface area contributed by atoms with Crippen molar-refractivity contribution in [3.8, 4) is 0 Å². The van der Waals surface area contributed by atoms with Crippen molar-refractivity contribution in [1.82, 2.24) is 9.36 Å². The predicted octanol–water partition coefficient (Wildman–Crippen LogP) is 3.22. The van der Waals surface area contributed by atoms with Gasteiger partial charge in [-0.05, 0) is 25.0 Å². The number of morpholine rings is 1. The number of furan rings is 1. The molecule has 2 aromatic heterocycles. The van der Waals surface area contributed by atoms with E-state index in [1.54, 1.807) is 0 Å². The number of rotatable bonds is 4. The van der Waals surface area contributed by atoms with Crippen molar-refractivity contribution in [2.75, 3.05) is 24.7 Å². The lowest BCUT2D eigenvalue weighted by molar-refractivity contribution is 0.0874. The molecular formula is C15H21N3O2S. The standard InChI is InChI=1S/C15H21N3O2S/c1-10(2)8-14-16-15(21-17-14)18-6-7-19-9-12(18)13-5-4-11(3)20-13/h4-5,10,12H,6-9H2,1-3H3. The molecule has 3 rings (SSSR count). The molecule has 1 aliphatic heterocycles. The van der Waals surface area contributed by atoms with Gasteiger partial charge in [0.15, 0.2) is 0 Å². The summed E-state index contributed by atoms with van der Waals surface area (Å²) < 4.78 is 15.9. The van der Waals surface area contributed by atoms with E-state index in [2.05, 4.69) is 23.1 Å². The molecule has 0 N–H and O–H groups in total. The summed E-state index contributed by atoms with van der Waals surface area (Å²) in [6.07, 6.45) is 0.922. The highest BCUT2D eigenvalue weighted by Crippen LogP contribution is 2.32. The van der Waals surface area contributed by atoms with E-state index in [1.807, 2.05) is 19.1 Å². The number of hydrogen-bond acceptors (Lipinski definition) is 6. The van der Waals surface area contributed by atoms with Crippen LogP contribution in [0.15, 0.2) is 16.5 Å². The molecule has 0 saturated carbocycles. The Hall–Kier alpha value is -1.40. The largest absolute Gasteiger partial charge is 0.464 e. The highest BCUT2D eigenvalue weighted by molar-refractivity contribution is 7.09. The van der Waals surface area contributed by atoms with Crippen LogP contribution in [0, 0.1) is 12.8 Å². The van der Waals surface area contributed by atoms with Crippen LogP contribution in [0.2, 0.25) is 0 Å². The van der Waals surface area contributed by atoms with Gasteiger partial charge in [-0.1, -0.05) is 13.8 Å². The molecule has 114 valence electrons. The van der Waals surface area contributed by atoms with Gasteiger partial charge >= 0.3 is 0 Å². The molecule has 21 heavy (non-hydrogen) atoms. The fraction of sp³-hybridized carbons (Fsp3) is 0.600. The highest BCUT2D eigenvalue weighted by atomic mass is 32.1. The number of aryl methyl sites for hydroxylation is 1. The first kappa shape index (κ1) is 14.5. The van der Waals surface area contributed by atoms with Crippen LogP contribution in [0.4, 0.5) is 5.13 Å². The Labute approximate surface area is 129 Å². The van der Waals surface area contributed by atoms with Crippen molar-refractivity contribution in [1.29, 1.82) is 0 Å². The van der Waals surface area contributed by atoms with Crippen molar-refractivity contribution in [3.63, 3.8) is 0 Å². The van der Waals surface area contributed by atoms with Crippen molar-refractivity contribution in [3.05, 3.63) is 29.5 Å². The summed E-state index contributed by atoms with van der Waals surface area (Å²) in [6.45, 7) is 8.50. The number of anilines is 1. The van der Waals surface area contributed by atoms with E-state index in [4.69, 9.17) is 14.1 Å². The maximum atomic E-state index is 5.78. The van der Waals surface area contributed by atoms with E-state index < -0.39 is 0 Å². The van der Waals surface area contributed by atoms with E-state index in [1.165, 1.54) is 11.5 Å². The summed E-state index contributed by atoms with van der Waals surface area (Å²) >= 11 is 1.47. The van der Waals surface area contributed by atoms with Crippen LogP contribution in [0.1, 0.15) is 37.2 Å². The summed E-state index contributed by atoms with van der Waals surface area (Å²) in [5.41, 5.74) is 0. The fourth-order valence-corrected chi connectivity index (χ4v) is 3.28. The van der Waals surface area contributed by atoms with Gasteiger partial charge in [-0.2, -0.15) is 4.37 Å². The van der Waals surface area contributed by atoms with Gasteiger partial charge in [-0.15, -0.1) is 0 Å². The SMILES string of the molecule is Cc1ccc(C2COCCN2c2nc(CC(C)C)ns2)o1. The Kier molecular flexibility index (Phi) is 4.26. The van der Waals surface area contributed by atoms with Gasteiger partial charge in [0.1, 0.15) is 23.4 Å². The van der Waals surface area contributed by atoms with Crippen molar-refractivity contribution < 1.29 is 9.15 Å². The van der Waals surface area contributed by atoms with Crippen LogP contribution in [-0.2, 0) is 11.2 Å². The van der Waals surface area contributed by atoms with Crippen molar-refractivity contribution in [2.45, 2.75) is 33.2 Å². The van der Waals surface area contributed by atoms with Crippen LogP contribution < -0.4 is 4.90 Å². The zero-order valence-corrected chi connectivity index (χ0v) is 13.5. The Morgan fingerprint density at radius 2 is 2.29 bits per heavy atom. The maximum Gasteiger partial charge on any atom is 0.205 e. The van der Waals surface area contributed by atoms with E-state index in [-0.39, 0.29) is 6.04 Å². The summed E-state index contributed by atoms with van der Waals surface area (Å²) in [4.78, 5) is 6.95. The zero-order chi connectivity index (χ0) is 14.8. The number of hydrogen-bond donors (Lipinski definition) is 0. The lowest BCUT2D eigenvalue weighted by Gasteiger charge is -2.33. The summed E-state index contributed by atoms with van der Waals surface area (Å²) in [5.74, 6) is 3.37. The summed E-state index contributed by atoms with van der Waals surface area (Å²) in [6, 6.07) is 4.11. The van der Waals surface area contributed by atoms with E-state index in [9.17, 15) is 0 Å². The summed E-state index contributed by atoms with van der Waals surface area (Å²) in [7, 11) is 0. The predicted molar refractivity (Wildman–Crippen MR) is 82.8 cm³/mol. The molecule has 2 aromatic rings. The van der Waals surface area contributed by atoms with Crippen molar-refractivity contribution in [2.24, 2.45) is 5.92 Å². The second-order valence-corrected chi connectivity index (χ2v) is 6.55. The second-order valence-electron chi connectivity index (χ2n) is 5.82. The van der Waals surface area contributed by atoms with E-state index in [0.29, 0.717) is 12.5 Å².